The Morgan fingerprint density at radius 3 is 2.65 bits per heavy atom. The number of nitrogens with two attached hydrogens (primary N) is 1. The predicted octanol–water partition coefficient (Wildman–Crippen LogP) is -0.336. The second-order valence-corrected chi connectivity index (χ2v) is 7.67. The first kappa shape index (κ1) is 15.1. The molecule has 0 aliphatic carbocycles. The van der Waals surface area contributed by atoms with Crippen molar-refractivity contribution in [3.63, 3.8) is 0 Å². The summed E-state index contributed by atoms with van der Waals surface area (Å²) in [5.41, 5.74) is 5.83. The number of hydrogen-bond donors (Lipinski definition) is 3. The molecule has 0 saturated carbocycles. The average Bonchev–Trinajstić information content (AvgIpc) is 2.91. The van der Waals surface area contributed by atoms with Gasteiger partial charge in [-0.2, -0.15) is 0 Å². The Morgan fingerprint density at radius 1 is 1.55 bits per heavy atom. The van der Waals surface area contributed by atoms with Crippen molar-refractivity contribution < 1.29 is 18.3 Å². The Morgan fingerprint density at radius 2 is 2.20 bits per heavy atom. The highest BCUT2D eigenvalue weighted by Crippen LogP contribution is 2.42. The molecule has 4 N–H and O–H groups in total. The van der Waals surface area contributed by atoms with Crippen molar-refractivity contribution >= 4 is 37.8 Å². The van der Waals surface area contributed by atoms with Gasteiger partial charge in [-0.3, -0.25) is 4.79 Å². The van der Waals surface area contributed by atoms with Crippen molar-refractivity contribution in [2.75, 3.05) is 37.0 Å². The van der Waals surface area contributed by atoms with Crippen molar-refractivity contribution in [3.8, 4) is 0 Å². The fraction of sp³-hybridized carbons (Fsp3) is 0.545. The summed E-state index contributed by atoms with van der Waals surface area (Å²) < 4.78 is 23.9. The molecular weight excluding hydrogens is 302 g/mol. The van der Waals surface area contributed by atoms with E-state index in [1.807, 2.05) is 0 Å². The lowest BCUT2D eigenvalue weighted by Crippen LogP contribution is -2.22. The Labute approximate surface area is 121 Å². The maximum Gasteiger partial charge on any atom is 0.263 e. The Kier molecular flexibility index (Phi) is 3.94. The van der Waals surface area contributed by atoms with Crippen LogP contribution in [0.1, 0.15) is 16.1 Å². The molecule has 1 unspecified atom stereocenters. The molecule has 1 aromatic rings. The third-order valence-electron chi connectivity index (χ3n) is 3.14. The first-order valence-electron chi connectivity index (χ1n) is 6.03. The second-order valence-electron chi connectivity index (χ2n) is 4.72. The Balaban J connectivity index is 2.58. The summed E-state index contributed by atoms with van der Waals surface area (Å²) in [7, 11) is -2.10. The third kappa shape index (κ3) is 2.60. The molecule has 0 aromatic carbocycles. The van der Waals surface area contributed by atoms with Crippen molar-refractivity contribution in [3.05, 3.63) is 4.88 Å². The van der Waals surface area contributed by atoms with Crippen LogP contribution in [0.2, 0.25) is 0 Å². The van der Waals surface area contributed by atoms with Gasteiger partial charge in [-0.15, -0.1) is 11.3 Å². The van der Waals surface area contributed by atoms with Crippen molar-refractivity contribution in [2.45, 2.75) is 17.4 Å². The lowest BCUT2D eigenvalue weighted by molar-refractivity contribution is 0.0968. The minimum atomic E-state index is -3.56. The number of hydrogen-bond acceptors (Lipinski definition) is 7. The van der Waals surface area contributed by atoms with Gasteiger partial charge in [0.1, 0.15) is 14.8 Å². The quantitative estimate of drug-likeness (QED) is 0.703. The monoisotopic (exact) mass is 319 g/mol. The first-order valence-corrected chi connectivity index (χ1v) is 8.74. The molecule has 1 aliphatic rings. The normalized spacial score (nSPS) is 19.4. The number of aliphatic hydroxyl groups is 1. The van der Waals surface area contributed by atoms with E-state index in [1.54, 1.807) is 4.90 Å². The van der Waals surface area contributed by atoms with Crippen LogP contribution in [-0.4, -0.2) is 51.9 Å². The highest BCUT2D eigenvalue weighted by molar-refractivity contribution is 7.91. The molecule has 20 heavy (non-hydrogen) atoms. The first-order chi connectivity index (χ1) is 9.25. The molecule has 1 amide bonds. The molecule has 1 fully saturated rings. The fourth-order valence-electron chi connectivity index (χ4n) is 2.19. The van der Waals surface area contributed by atoms with Crippen molar-refractivity contribution in [1.82, 2.24) is 5.32 Å². The van der Waals surface area contributed by atoms with Gasteiger partial charge in [0.15, 0.2) is 9.84 Å². The van der Waals surface area contributed by atoms with E-state index in [9.17, 15) is 18.3 Å². The van der Waals surface area contributed by atoms with Gasteiger partial charge in [-0.1, -0.05) is 0 Å². The summed E-state index contributed by atoms with van der Waals surface area (Å²) >= 11 is 1.04. The molecule has 112 valence electrons. The lowest BCUT2D eigenvalue weighted by atomic mass is 10.3. The maximum atomic E-state index is 11.9. The molecule has 1 aliphatic heterocycles. The van der Waals surface area contributed by atoms with Gasteiger partial charge in [0, 0.05) is 26.4 Å². The van der Waals surface area contributed by atoms with Gasteiger partial charge in [0.05, 0.1) is 11.8 Å². The average molecular weight is 319 g/mol. The second kappa shape index (κ2) is 5.23. The zero-order valence-corrected chi connectivity index (χ0v) is 12.8. The molecule has 0 radical (unpaired) electrons. The van der Waals surface area contributed by atoms with E-state index in [1.165, 1.54) is 7.05 Å². The highest BCUT2D eigenvalue weighted by atomic mass is 32.2. The zero-order chi connectivity index (χ0) is 15.1. The molecule has 7 nitrogen and oxygen atoms in total. The van der Waals surface area contributed by atoms with Crippen LogP contribution in [0.15, 0.2) is 4.90 Å². The van der Waals surface area contributed by atoms with Crippen molar-refractivity contribution in [2.24, 2.45) is 0 Å². The summed E-state index contributed by atoms with van der Waals surface area (Å²) in [5.74, 6) is -0.414. The lowest BCUT2D eigenvalue weighted by Gasteiger charge is -2.17. The molecule has 1 aromatic heterocycles. The van der Waals surface area contributed by atoms with Gasteiger partial charge < -0.3 is 21.1 Å². The minimum Gasteiger partial charge on any atom is -0.396 e. The van der Waals surface area contributed by atoms with Crippen LogP contribution in [0.25, 0.3) is 0 Å². The van der Waals surface area contributed by atoms with E-state index in [4.69, 9.17) is 5.73 Å². The number of nitrogens with one attached hydrogen (secondary N) is 1. The zero-order valence-electron chi connectivity index (χ0n) is 11.2. The smallest absolute Gasteiger partial charge is 0.263 e. The number of thiophene rings is 1. The molecule has 2 heterocycles. The molecular formula is C11H17N3O4S2. The molecule has 1 saturated heterocycles. The number of carbonyl (C=O) groups excluding carboxylic acids is 1. The SMILES string of the molecule is CNC(=O)c1sc(N2CCC(O)C2)c(S(C)(=O)=O)c1N. The third-order valence-corrected chi connectivity index (χ3v) is 5.69. The van der Waals surface area contributed by atoms with E-state index < -0.39 is 21.8 Å². The number of carbonyl (C=O) groups is 1. The van der Waals surface area contributed by atoms with E-state index in [0.29, 0.717) is 24.5 Å². The summed E-state index contributed by atoms with van der Waals surface area (Å²) in [6, 6.07) is 0. The molecule has 2 rings (SSSR count). The molecule has 0 bridgehead atoms. The number of amides is 1. The van der Waals surface area contributed by atoms with Gasteiger partial charge in [0.25, 0.3) is 5.91 Å². The standard InChI is InChI=1S/C11H17N3O4S2/c1-13-10(16)8-7(12)9(20(2,17)18)11(19-8)14-4-3-6(15)5-14/h6,15H,3-5,12H2,1-2H3,(H,13,16). The minimum absolute atomic E-state index is 0.0183. The highest BCUT2D eigenvalue weighted by Gasteiger charge is 2.32. The largest absolute Gasteiger partial charge is 0.396 e. The topological polar surface area (TPSA) is 113 Å². The number of nitrogens with zero attached hydrogens (tertiary/aromatic N) is 1. The van der Waals surface area contributed by atoms with Gasteiger partial charge in [0.2, 0.25) is 0 Å². The summed E-state index contributed by atoms with van der Waals surface area (Å²) in [4.78, 5) is 13.7. The van der Waals surface area contributed by atoms with Crippen molar-refractivity contribution in [1.29, 1.82) is 0 Å². The molecule has 9 heteroatoms. The number of β-amino-alcohol motifs (C(OH)–C–C–N with tert-alkyl or cyclic N) is 1. The van der Waals surface area contributed by atoms with Crippen LogP contribution in [0, 0.1) is 0 Å². The molecule has 0 spiro atoms. The van der Waals surface area contributed by atoms with Gasteiger partial charge in [-0.25, -0.2) is 8.42 Å². The van der Waals surface area contributed by atoms with Crippen LogP contribution in [0.3, 0.4) is 0 Å². The Hall–Kier alpha value is -1.32. The summed E-state index contributed by atoms with van der Waals surface area (Å²) in [6.07, 6.45) is 1.14. The van der Waals surface area contributed by atoms with E-state index in [-0.39, 0.29) is 15.5 Å². The number of anilines is 2. The molecule has 1 atom stereocenters. The Bertz CT molecular complexity index is 638. The fourth-order valence-corrected chi connectivity index (χ4v) is 4.88. The number of nitrogen functional groups attached to an aromatic ring is 1. The predicted molar refractivity (Wildman–Crippen MR) is 78.1 cm³/mol. The number of rotatable bonds is 3. The van der Waals surface area contributed by atoms with E-state index in [2.05, 4.69) is 5.32 Å². The van der Waals surface area contributed by atoms with Crippen LogP contribution in [0.5, 0.6) is 0 Å². The summed E-state index contributed by atoms with van der Waals surface area (Å²) in [5, 5.41) is 12.5. The van der Waals surface area contributed by atoms with E-state index in [0.717, 1.165) is 17.6 Å². The van der Waals surface area contributed by atoms with Crippen LogP contribution < -0.4 is 16.0 Å². The van der Waals surface area contributed by atoms with Crippen LogP contribution >= 0.6 is 11.3 Å². The van der Waals surface area contributed by atoms with Crippen LogP contribution in [-0.2, 0) is 9.84 Å². The number of sulfone groups is 1. The van der Waals surface area contributed by atoms with E-state index >= 15 is 0 Å². The van der Waals surface area contributed by atoms with Gasteiger partial charge in [-0.05, 0) is 6.42 Å². The van der Waals surface area contributed by atoms with Crippen LogP contribution in [0.4, 0.5) is 10.7 Å². The maximum absolute atomic E-state index is 11.9. The summed E-state index contributed by atoms with van der Waals surface area (Å²) in [6.45, 7) is 0.881. The number of aliphatic hydroxyl groups excluding tert-OH is 1. The van der Waals surface area contributed by atoms with Gasteiger partial charge >= 0.3 is 0 Å².